The first-order chi connectivity index (χ1) is 9.08. The zero-order chi connectivity index (χ0) is 13.8. The molecule has 0 radical (unpaired) electrons. The fraction of sp³-hybridized carbons (Fsp3) is 0.357. The van der Waals surface area contributed by atoms with E-state index in [0.717, 1.165) is 29.2 Å². The Morgan fingerprint density at radius 3 is 2.74 bits per heavy atom. The molecule has 0 amide bonds. The normalized spacial score (nSPS) is 10.9. The summed E-state index contributed by atoms with van der Waals surface area (Å²) in [7, 11) is 5.95. The van der Waals surface area contributed by atoms with Gasteiger partial charge in [-0.2, -0.15) is 5.10 Å². The highest BCUT2D eigenvalue weighted by atomic mass is 16.5. The molecule has 5 nitrogen and oxygen atoms in total. The third kappa shape index (κ3) is 3.26. The van der Waals surface area contributed by atoms with Gasteiger partial charge in [0.15, 0.2) is 0 Å². The molecule has 0 saturated carbocycles. The zero-order valence-corrected chi connectivity index (χ0v) is 11.6. The summed E-state index contributed by atoms with van der Waals surface area (Å²) in [5, 5.41) is 4.18. The van der Waals surface area contributed by atoms with Crippen LogP contribution in [0.4, 0.5) is 5.69 Å². The second-order valence-corrected chi connectivity index (χ2v) is 4.75. The molecule has 0 bridgehead atoms. The molecule has 1 heterocycles. The van der Waals surface area contributed by atoms with Gasteiger partial charge in [-0.05, 0) is 38.4 Å². The van der Waals surface area contributed by atoms with Gasteiger partial charge in [0.25, 0.3) is 0 Å². The molecule has 1 aromatic heterocycles. The Bertz CT molecular complexity index is 548. The number of ether oxygens (including phenoxy) is 1. The van der Waals surface area contributed by atoms with E-state index in [1.165, 1.54) is 0 Å². The quantitative estimate of drug-likeness (QED) is 0.830. The number of nitrogen functional groups attached to an aromatic ring is 1. The molecular weight excluding hydrogens is 240 g/mol. The van der Waals surface area contributed by atoms with Crippen molar-refractivity contribution >= 4 is 5.69 Å². The summed E-state index contributed by atoms with van der Waals surface area (Å²) in [5.41, 5.74) is 8.55. The molecule has 0 aliphatic rings. The van der Waals surface area contributed by atoms with Crippen LogP contribution in [0.25, 0.3) is 11.3 Å². The first kappa shape index (κ1) is 13.4. The minimum absolute atomic E-state index is 0.641. The molecule has 19 heavy (non-hydrogen) atoms. The molecule has 1 aromatic carbocycles. The minimum atomic E-state index is 0.641. The van der Waals surface area contributed by atoms with Gasteiger partial charge in [0.2, 0.25) is 0 Å². The lowest BCUT2D eigenvalue weighted by Crippen LogP contribution is -2.19. The molecule has 0 spiro atoms. The van der Waals surface area contributed by atoms with Gasteiger partial charge >= 0.3 is 0 Å². The maximum atomic E-state index is 5.87. The van der Waals surface area contributed by atoms with Crippen LogP contribution in [0.5, 0.6) is 5.75 Å². The van der Waals surface area contributed by atoms with Gasteiger partial charge in [-0.3, -0.25) is 4.68 Å². The average Bonchev–Trinajstić information content (AvgIpc) is 2.77. The van der Waals surface area contributed by atoms with Crippen LogP contribution in [0.15, 0.2) is 30.5 Å². The summed E-state index contributed by atoms with van der Waals surface area (Å²) in [5.74, 6) is 0.833. The third-order valence-corrected chi connectivity index (χ3v) is 2.90. The molecule has 5 heteroatoms. The van der Waals surface area contributed by atoms with Crippen LogP contribution in [0.1, 0.15) is 0 Å². The Morgan fingerprint density at radius 1 is 1.32 bits per heavy atom. The molecule has 0 unspecified atom stereocenters. The van der Waals surface area contributed by atoms with E-state index in [2.05, 4.69) is 10.00 Å². The Balaban J connectivity index is 2.26. The maximum Gasteiger partial charge on any atom is 0.128 e. The number of anilines is 1. The molecule has 0 aliphatic carbocycles. The molecule has 2 aromatic rings. The highest BCUT2D eigenvalue weighted by Gasteiger charge is 2.10. The monoisotopic (exact) mass is 260 g/mol. The van der Waals surface area contributed by atoms with Crippen molar-refractivity contribution in [3.8, 4) is 17.0 Å². The van der Waals surface area contributed by atoms with Crippen molar-refractivity contribution in [1.29, 1.82) is 0 Å². The summed E-state index contributed by atoms with van der Waals surface area (Å²) >= 11 is 0. The van der Waals surface area contributed by atoms with E-state index in [4.69, 9.17) is 10.5 Å². The van der Waals surface area contributed by atoms with Crippen molar-refractivity contribution in [2.24, 2.45) is 7.05 Å². The molecule has 2 N–H and O–H groups in total. The number of hydrogen-bond donors (Lipinski definition) is 1. The Morgan fingerprint density at radius 2 is 2.11 bits per heavy atom. The SMILES string of the molecule is CN(C)CCOc1ccc(N)cc1-c1ccnn1C. The highest BCUT2D eigenvalue weighted by molar-refractivity contribution is 5.71. The topological polar surface area (TPSA) is 56.3 Å². The van der Waals surface area contributed by atoms with Crippen molar-refractivity contribution in [2.45, 2.75) is 0 Å². The number of likely N-dealkylation sites (N-methyl/N-ethyl adjacent to an activating group) is 1. The third-order valence-electron chi connectivity index (χ3n) is 2.90. The lowest BCUT2D eigenvalue weighted by atomic mass is 10.1. The van der Waals surface area contributed by atoms with Gasteiger partial charge in [-0.15, -0.1) is 0 Å². The molecule has 0 fully saturated rings. The number of rotatable bonds is 5. The van der Waals surface area contributed by atoms with Crippen LogP contribution < -0.4 is 10.5 Å². The molecule has 0 saturated heterocycles. The molecule has 102 valence electrons. The van der Waals surface area contributed by atoms with Gasteiger partial charge < -0.3 is 15.4 Å². The Hall–Kier alpha value is -2.01. The molecule has 0 aliphatic heterocycles. The van der Waals surface area contributed by atoms with Crippen molar-refractivity contribution < 1.29 is 4.74 Å². The molecule has 0 atom stereocenters. The minimum Gasteiger partial charge on any atom is -0.492 e. The van der Waals surface area contributed by atoms with Crippen molar-refractivity contribution in [3.05, 3.63) is 30.5 Å². The van der Waals surface area contributed by atoms with Gasteiger partial charge in [-0.25, -0.2) is 0 Å². The van der Waals surface area contributed by atoms with E-state index >= 15 is 0 Å². The number of aromatic nitrogens is 2. The Labute approximate surface area is 113 Å². The number of aryl methyl sites for hydroxylation is 1. The summed E-state index contributed by atoms with van der Waals surface area (Å²) in [6.45, 7) is 1.51. The van der Waals surface area contributed by atoms with E-state index in [-0.39, 0.29) is 0 Å². The highest BCUT2D eigenvalue weighted by Crippen LogP contribution is 2.31. The Kier molecular flexibility index (Phi) is 4.06. The second kappa shape index (κ2) is 5.75. The second-order valence-electron chi connectivity index (χ2n) is 4.75. The van der Waals surface area contributed by atoms with Crippen LogP contribution in [0, 0.1) is 0 Å². The first-order valence-corrected chi connectivity index (χ1v) is 6.23. The van der Waals surface area contributed by atoms with Crippen LogP contribution in [0.3, 0.4) is 0 Å². The van der Waals surface area contributed by atoms with Gasteiger partial charge in [0.05, 0.1) is 5.69 Å². The lowest BCUT2D eigenvalue weighted by Gasteiger charge is -2.14. The van der Waals surface area contributed by atoms with Crippen molar-refractivity contribution in [3.63, 3.8) is 0 Å². The molecule has 2 rings (SSSR count). The largest absolute Gasteiger partial charge is 0.492 e. The predicted octanol–water partition coefficient (Wildman–Crippen LogP) is 1.61. The summed E-state index contributed by atoms with van der Waals surface area (Å²) < 4.78 is 7.66. The number of hydrogen-bond acceptors (Lipinski definition) is 4. The number of nitrogens with two attached hydrogens (primary N) is 1. The summed E-state index contributed by atoms with van der Waals surface area (Å²) in [6.07, 6.45) is 1.77. The number of benzene rings is 1. The maximum absolute atomic E-state index is 5.87. The van der Waals surface area contributed by atoms with Crippen LogP contribution >= 0.6 is 0 Å². The zero-order valence-electron chi connectivity index (χ0n) is 11.6. The standard InChI is InChI=1S/C14H20N4O/c1-17(2)8-9-19-14-5-4-11(15)10-12(14)13-6-7-16-18(13)3/h4-7,10H,8-9,15H2,1-3H3. The van der Waals surface area contributed by atoms with Crippen LogP contribution in [-0.2, 0) is 7.05 Å². The van der Waals surface area contributed by atoms with Crippen LogP contribution in [-0.4, -0.2) is 41.9 Å². The van der Waals surface area contributed by atoms with Gasteiger partial charge in [-0.1, -0.05) is 0 Å². The van der Waals surface area contributed by atoms with Crippen LogP contribution in [0.2, 0.25) is 0 Å². The fourth-order valence-electron chi connectivity index (χ4n) is 1.85. The molecular formula is C14H20N4O. The van der Waals surface area contributed by atoms with Crippen molar-refractivity contribution in [2.75, 3.05) is 33.0 Å². The van der Waals surface area contributed by atoms with E-state index in [1.807, 2.05) is 50.1 Å². The average molecular weight is 260 g/mol. The lowest BCUT2D eigenvalue weighted by molar-refractivity contribution is 0.262. The first-order valence-electron chi connectivity index (χ1n) is 6.23. The van der Waals surface area contributed by atoms with E-state index in [0.29, 0.717) is 6.61 Å². The number of nitrogens with zero attached hydrogens (tertiary/aromatic N) is 3. The van der Waals surface area contributed by atoms with E-state index in [1.54, 1.807) is 6.20 Å². The van der Waals surface area contributed by atoms with E-state index < -0.39 is 0 Å². The van der Waals surface area contributed by atoms with Gasteiger partial charge in [0, 0.05) is 31.0 Å². The van der Waals surface area contributed by atoms with E-state index in [9.17, 15) is 0 Å². The van der Waals surface area contributed by atoms with Crippen molar-refractivity contribution in [1.82, 2.24) is 14.7 Å². The smallest absolute Gasteiger partial charge is 0.128 e. The predicted molar refractivity (Wildman–Crippen MR) is 77.1 cm³/mol. The summed E-state index contributed by atoms with van der Waals surface area (Å²) in [6, 6.07) is 7.63. The fourth-order valence-corrected chi connectivity index (χ4v) is 1.85. The summed E-state index contributed by atoms with van der Waals surface area (Å²) in [4.78, 5) is 2.08. The van der Waals surface area contributed by atoms with Gasteiger partial charge in [0.1, 0.15) is 12.4 Å².